The van der Waals surface area contributed by atoms with Crippen LogP contribution in [0.15, 0.2) is 24.8 Å². The van der Waals surface area contributed by atoms with Crippen LogP contribution in [0.5, 0.6) is 5.75 Å². The highest BCUT2D eigenvalue weighted by Gasteiger charge is 2.13. The highest BCUT2D eigenvalue weighted by Crippen LogP contribution is 2.34. The molecule has 14 heavy (non-hydrogen) atoms. The SMILES string of the molecule is C=CC[C@@H](N)c1cc(Cl)cc(Cl)c1O. The van der Waals surface area contributed by atoms with E-state index in [4.69, 9.17) is 28.9 Å². The first-order valence-corrected chi connectivity index (χ1v) is 4.86. The molecule has 0 amide bonds. The quantitative estimate of drug-likeness (QED) is 0.785. The van der Waals surface area contributed by atoms with E-state index in [2.05, 4.69) is 6.58 Å². The molecule has 0 aliphatic heterocycles. The summed E-state index contributed by atoms with van der Waals surface area (Å²) in [5, 5.41) is 10.3. The van der Waals surface area contributed by atoms with Gasteiger partial charge < -0.3 is 10.8 Å². The van der Waals surface area contributed by atoms with Gasteiger partial charge in [-0.15, -0.1) is 6.58 Å². The maximum atomic E-state index is 9.61. The lowest BCUT2D eigenvalue weighted by atomic mass is 10.0. The molecular weight excluding hydrogens is 221 g/mol. The number of aromatic hydroxyl groups is 1. The Balaban J connectivity index is 3.12. The number of benzene rings is 1. The average Bonchev–Trinajstić information content (AvgIpc) is 2.11. The second-order valence-corrected chi connectivity index (χ2v) is 3.80. The molecule has 4 heteroatoms. The third-order valence-electron chi connectivity index (χ3n) is 1.88. The minimum absolute atomic E-state index is 0.00887. The zero-order chi connectivity index (χ0) is 10.7. The summed E-state index contributed by atoms with van der Waals surface area (Å²) in [6, 6.07) is 2.75. The minimum atomic E-state index is -0.330. The van der Waals surface area contributed by atoms with Crippen LogP contribution in [0.2, 0.25) is 10.0 Å². The fourth-order valence-corrected chi connectivity index (χ4v) is 1.68. The van der Waals surface area contributed by atoms with E-state index in [9.17, 15) is 5.11 Å². The molecule has 3 N–H and O–H groups in total. The number of rotatable bonds is 3. The van der Waals surface area contributed by atoms with Crippen molar-refractivity contribution in [2.75, 3.05) is 0 Å². The van der Waals surface area contributed by atoms with Crippen LogP contribution in [0.3, 0.4) is 0 Å². The van der Waals surface area contributed by atoms with Crippen LogP contribution in [-0.2, 0) is 0 Å². The lowest BCUT2D eigenvalue weighted by Gasteiger charge is -2.12. The normalized spacial score (nSPS) is 12.5. The number of nitrogens with two attached hydrogens (primary N) is 1. The van der Waals surface area contributed by atoms with E-state index in [1.54, 1.807) is 12.1 Å². The van der Waals surface area contributed by atoms with Gasteiger partial charge in [0.2, 0.25) is 0 Å². The van der Waals surface area contributed by atoms with Crippen LogP contribution in [0, 0.1) is 0 Å². The zero-order valence-corrected chi connectivity index (χ0v) is 9.02. The minimum Gasteiger partial charge on any atom is -0.506 e. The second-order valence-electron chi connectivity index (χ2n) is 2.96. The van der Waals surface area contributed by atoms with Crippen LogP contribution in [-0.4, -0.2) is 5.11 Å². The Bertz CT molecular complexity index is 352. The summed E-state index contributed by atoms with van der Waals surface area (Å²) >= 11 is 11.5. The van der Waals surface area contributed by atoms with Gasteiger partial charge in [0.15, 0.2) is 0 Å². The molecular formula is C10H11Cl2NO. The molecule has 0 saturated heterocycles. The maximum Gasteiger partial charge on any atom is 0.139 e. The summed E-state index contributed by atoms with van der Waals surface area (Å²) in [5.41, 5.74) is 6.34. The molecule has 1 aromatic carbocycles. The van der Waals surface area contributed by atoms with Gasteiger partial charge >= 0.3 is 0 Å². The topological polar surface area (TPSA) is 46.2 Å². The average molecular weight is 232 g/mol. The molecule has 1 rings (SSSR count). The molecule has 1 atom stereocenters. The number of phenols is 1. The molecule has 0 aliphatic rings. The van der Waals surface area contributed by atoms with E-state index in [1.807, 2.05) is 0 Å². The highest BCUT2D eigenvalue weighted by molar-refractivity contribution is 6.35. The number of phenolic OH excluding ortho intramolecular Hbond substituents is 1. The first kappa shape index (κ1) is 11.4. The molecule has 0 unspecified atom stereocenters. The van der Waals surface area contributed by atoms with Crippen LogP contribution < -0.4 is 5.73 Å². The Kier molecular flexibility index (Phi) is 3.81. The van der Waals surface area contributed by atoms with E-state index >= 15 is 0 Å². The molecule has 2 nitrogen and oxygen atoms in total. The monoisotopic (exact) mass is 231 g/mol. The molecule has 1 aromatic rings. The Hall–Kier alpha value is -0.700. The molecule has 0 fully saturated rings. The van der Waals surface area contributed by atoms with Gasteiger partial charge in [-0.2, -0.15) is 0 Å². The Labute approximate surface area is 92.9 Å². The fraction of sp³-hybridized carbons (Fsp3) is 0.200. The van der Waals surface area contributed by atoms with Gasteiger partial charge in [-0.3, -0.25) is 0 Å². The van der Waals surface area contributed by atoms with Crippen molar-refractivity contribution in [3.8, 4) is 5.75 Å². The number of hydrogen-bond donors (Lipinski definition) is 2. The predicted molar refractivity (Wildman–Crippen MR) is 59.9 cm³/mol. The molecule has 0 aromatic heterocycles. The van der Waals surface area contributed by atoms with E-state index in [0.29, 0.717) is 17.0 Å². The van der Waals surface area contributed by atoms with E-state index in [-0.39, 0.29) is 16.8 Å². The van der Waals surface area contributed by atoms with E-state index in [0.717, 1.165) is 0 Å². The van der Waals surface area contributed by atoms with Crippen molar-refractivity contribution in [2.45, 2.75) is 12.5 Å². The van der Waals surface area contributed by atoms with Gasteiger partial charge in [-0.05, 0) is 18.6 Å². The zero-order valence-electron chi connectivity index (χ0n) is 7.50. The predicted octanol–water partition coefficient (Wildman–Crippen LogP) is 3.27. The van der Waals surface area contributed by atoms with Crippen molar-refractivity contribution >= 4 is 23.2 Å². The molecule has 0 bridgehead atoms. The van der Waals surface area contributed by atoms with Crippen molar-refractivity contribution in [3.05, 3.63) is 40.4 Å². The smallest absolute Gasteiger partial charge is 0.139 e. The highest BCUT2D eigenvalue weighted by atomic mass is 35.5. The Morgan fingerprint density at radius 3 is 2.71 bits per heavy atom. The molecule has 0 saturated carbocycles. The summed E-state index contributed by atoms with van der Waals surface area (Å²) in [6.07, 6.45) is 2.24. The molecule has 76 valence electrons. The van der Waals surface area contributed by atoms with Crippen molar-refractivity contribution in [2.24, 2.45) is 5.73 Å². The second kappa shape index (κ2) is 4.69. The Morgan fingerprint density at radius 2 is 2.14 bits per heavy atom. The van der Waals surface area contributed by atoms with Crippen LogP contribution in [0.1, 0.15) is 18.0 Å². The summed E-state index contributed by atoms with van der Waals surface area (Å²) in [7, 11) is 0. The number of halogens is 2. The first-order chi connectivity index (χ1) is 6.56. The Morgan fingerprint density at radius 1 is 1.50 bits per heavy atom. The van der Waals surface area contributed by atoms with E-state index < -0.39 is 0 Å². The standard InChI is InChI=1S/C10H11Cl2NO/c1-2-3-9(13)7-4-6(11)5-8(12)10(7)14/h2,4-5,9,14H,1,3,13H2/t9-/m1/s1. The fourth-order valence-electron chi connectivity index (χ4n) is 1.18. The van der Waals surface area contributed by atoms with Gasteiger partial charge in [0, 0.05) is 16.6 Å². The van der Waals surface area contributed by atoms with E-state index in [1.165, 1.54) is 6.07 Å². The van der Waals surface area contributed by atoms with Gasteiger partial charge in [-0.1, -0.05) is 29.3 Å². The van der Waals surface area contributed by atoms with Crippen molar-refractivity contribution in [3.63, 3.8) is 0 Å². The van der Waals surface area contributed by atoms with Crippen molar-refractivity contribution in [1.82, 2.24) is 0 Å². The van der Waals surface area contributed by atoms with Gasteiger partial charge in [0.25, 0.3) is 0 Å². The summed E-state index contributed by atoms with van der Waals surface area (Å²) in [4.78, 5) is 0. The number of hydrogen-bond acceptors (Lipinski definition) is 2. The van der Waals surface area contributed by atoms with Crippen molar-refractivity contribution in [1.29, 1.82) is 0 Å². The third-order valence-corrected chi connectivity index (χ3v) is 2.38. The van der Waals surface area contributed by atoms with Crippen molar-refractivity contribution < 1.29 is 5.11 Å². The van der Waals surface area contributed by atoms with Crippen LogP contribution in [0.25, 0.3) is 0 Å². The summed E-state index contributed by atoms with van der Waals surface area (Å²) < 4.78 is 0. The lowest BCUT2D eigenvalue weighted by Crippen LogP contribution is -2.09. The van der Waals surface area contributed by atoms with Gasteiger partial charge in [0.05, 0.1) is 5.02 Å². The van der Waals surface area contributed by atoms with Crippen LogP contribution in [0.4, 0.5) is 0 Å². The maximum absolute atomic E-state index is 9.61. The molecule has 0 radical (unpaired) electrons. The summed E-state index contributed by atoms with van der Waals surface area (Å²) in [5.74, 6) is -0.00887. The summed E-state index contributed by atoms with van der Waals surface area (Å²) in [6.45, 7) is 3.57. The van der Waals surface area contributed by atoms with Crippen LogP contribution >= 0.6 is 23.2 Å². The molecule has 0 spiro atoms. The first-order valence-electron chi connectivity index (χ1n) is 4.10. The third kappa shape index (κ3) is 2.41. The molecule has 0 heterocycles. The van der Waals surface area contributed by atoms with Gasteiger partial charge in [0.1, 0.15) is 5.75 Å². The van der Waals surface area contributed by atoms with Gasteiger partial charge in [-0.25, -0.2) is 0 Å². The lowest BCUT2D eigenvalue weighted by molar-refractivity contribution is 0.462. The molecule has 0 aliphatic carbocycles. The largest absolute Gasteiger partial charge is 0.506 e.